The molecule has 4 nitrogen and oxygen atoms in total. The highest BCUT2D eigenvalue weighted by Crippen LogP contribution is 2.29. The summed E-state index contributed by atoms with van der Waals surface area (Å²) in [6.07, 6.45) is 0. The lowest BCUT2D eigenvalue weighted by Gasteiger charge is -2.37. The van der Waals surface area contributed by atoms with Gasteiger partial charge < -0.3 is 14.9 Å². The fraction of sp³-hybridized carbons (Fsp3) is 0.211. The van der Waals surface area contributed by atoms with Crippen molar-refractivity contribution in [2.75, 3.05) is 36.0 Å². The lowest BCUT2D eigenvalue weighted by molar-refractivity contribution is 0.472. The van der Waals surface area contributed by atoms with Crippen molar-refractivity contribution >= 4 is 44.4 Å². The van der Waals surface area contributed by atoms with Crippen LogP contribution < -0.4 is 15.2 Å². The summed E-state index contributed by atoms with van der Waals surface area (Å²) in [5.74, 6) is 0.294. The Hall–Kier alpha value is -2.24. The van der Waals surface area contributed by atoms with Crippen molar-refractivity contribution < 1.29 is 5.11 Å². The quantitative estimate of drug-likeness (QED) is 0.739. The molecule has 3 aromatic rings. The van der Waals surface area contributed by atoms with Crippen molar-refractivity contribution in [3.63, 3.8) is 0 Å². The van der Waals surface area contributed by atoms with Crippen LogP contribution in [0.15, 0.2) is 52.6 Å². The minimum Gasteiger partial charge on any atom is -0.506 e. The predicted octanol–water partition coefficient (Wildman–Crippen LogP) is 3.95. The first-order valence-corrected chi connectivity index (χ1v) is 9.38. The Bertz CT molecular complexity index is 981. The number of hydrogen-bond donors (Lipinski definition) is 1. The van der Waals surface area contributed by atoms with E-state index >= 15 is 0 Å². The van der Waals surface area contributed by atoms with Crippen molar-refractivity contribution in [1.29, 1.82) is 0 Å². The van der Waals surface area contributed by atoms with Crippen LogP contribution in [0, 0.1) is 0 Å². The smallest absolute Gasteiger partial charge is 0.211 e. The molecule has 0 spiro atoms. The number of piperazine rings is 1. The van der Waals surface area contributed by atoms with Gasteiger partial charge in [-0.05, 0) is 30.3 Å². The number of phenols is 1. The molecule has 0 saturated carbocycles. The zero-order chi connectivity index (χ0) is 17.4. The highest BCUT2D eigenvalue weighted by molar-refractivity contribution is 7.16. The van der Waals surface area contributed by atoms with Gasteiger partial charge in [0.05, 0.1) is 11.4 Å². The maximum absolute atomic E-state index is 12.8. The predicted molar refractivity (Wildman–Crippen MR) is 106 cm³/mol. The number of nitrogens with zero attached hydrogens (tertiary/aromatic N) is 2. The molecule has 1 aliphatic rings. The van der Waals surface area contributed by atoms with Crippen LogP contribution in [-0.4, -0.2) is 31.3 Å². The van der Waals surface area contributed by atoms with Crippen molar-refractivity contribution in [3.05, 3.63) is 63.1 Å². The standard InChI is InChI=1S/C19H17ClN2O2S/c20-13-5-6-18-14(11-13)19(24)16(12-25-18)22-9-7-21(8-10-22)15-3-1-2-4-17(15)23/h1-6,11-12,23H,7-10H2. The number of halogens is 1. The lowest BCUT2D eigenvalue weighted by Crippen LogP contribution is -2.47. The Balaban J connectivity index is 1.59. The summed E-state index contributed by atoms with van der Waals surface area (Å²) in [5, 5.41) is 13.2. The maximum atomic E-state index is 12.8. The van der Waals surface area contributed by atoms with E-state index in [0.29, 0.717) is 16.2 Å². The second-order valence-electron chi connectivity index (χ2n) is 6.05. The Morgan fingerprint density at radius 3 is 2.36 bits per heavy atom. The van der Waals surface area contributed by atoms with Crippen LogP contribution in [-0.2, 0) is 0 Å². The average molecular weight is 373 g/mol. The zero-order valence-electron chi connectivity index (χ0n) is 13.5. The molecule has 0 radical (unpaired) electrons. The van der Waals surface area contributed by atoms with Gasteiger partial charge in [-0.25, -0.2) is 0 Å². The van der Waals surface area contributed by atoms with Gasteiger partial charge in [-0.2, -0.15) is 0 Å². The number of rotatable bonds is 2. The average Bonchev–Trinajstić information content (AvgIpc) is 2.63. The molecular formula is C19H17ClN2O2S. The van der Waals surface area contributed by atoms with Gasteiger partial charge in [0, 0.05) is 46.7 Å². The van der Waals surface area contributed by atoms with E-state index < -0.39 is 0 Å². The van der Waals surface area contributed by atoms with E-state index in [-0.39, 0.29) is 5.43 Å². The van der Waals surface area contributed by atoms with E-state index in [1.54, 1.807) is 23.5 Å². The zero-order valence-corrected chi connectivity index (χ0v) is 15.1. The van der Waals surface area contributed by atoms with Crippen LogP contribution in [0.4, 0.5) is 11.4 Å². The van der Waals surface area contributed by atoms with Gasteiger partial charge in [0.25, 0.3) is 0 Å². The molecule has 0 aliphatic carbocycles. The van der Waals surface area contributed by atoms with Gasteiger partial charge in [0.1, 0.15) is 5.75 Å². The van der Waals surface area contributed by atoms with Gasteiger partial charge in [0.2, 0.25) is 5.43 Å². The first kappa shape index (κ1) is 16.2. The molecule has 0 atom stereocenters. The number of benzene rings is 2. The van der Waals surface area contributed by atoms with E-state index in [1.807, 2.05) is 35.7 Å². The molecule has 0 bridgehead atoms. The summed E-state index contributed by atoms with van der Waals surface area (Å²) >= 11 is 7.62. The van der Waals surface area contributed by atoms with E-state index in [0.717, 1.165) is 42.3 Å². The normalized spacial score (nSPS) is 14.9. The number of anilines is 2. The SMILES string of the molecule is O=c1c(N2CCN(c3ccccc3O)CC2)csc2ccc(Cl)cc12. The van der Waals surface area contributed by atoms with Gasteiger partial charge >= 0.3 is 0 Å². The number of para-hydroxylation sites is 2. The summed E-state index contributed by atoms with van der Waals surface area (Å²) in [6.45, 7) is 3.00. The Labute approximate surface area is 154 Å². The maximum Gasteiger partial charge on any atom is 0.211 e. The molecule has 2 aromatic carbocycles. The van der Waals surface area contributed by atoms with Gasteiger partial charge in [0.15, 0.2) is 0 Å². The summed E-state index contributed by atoms with van der Waals surface area (Å²) in [6, 6.07) is 12.8. The van der Waals surface area contributed by atoms with Crippen molar-refractivity contribution in [1.82, 2.24) is 0 Å². The third-order valence-corrected chi connectivity index (χ3v) is 5.75. The molecule has 25 heavy (non-hydrogen) atoms. The third kappa shape index (κ3) is 3.05. The van der Waals surface area contributed by atoms with E-state index in [2.05, 4.69) is 9.80 Å². The van der Waals surface area contributed by atoms with Gasteiger partial charge in [-0.3, -0.25) is 4.79 Å². The first-order chi connectivity index (χ1) is 12.1. The molecule has 4 rings (SSSR count). The second kappa shape index (κ2) is 6.58. The third-order valence-electron chi connectivity index (χ3n) is 4.56. The summed E-state index contributed by atoms with van der Waals surface area (Å²) in [7, 11) is 0. The molecular weight excluding hydrogens is 356 g/mol. The highest BCUT2D eigenvalue weighted by Gasteiger charge is 2.21. The van der Waals surface area contributed by atoms with Crippen LogP contribution in [0.3, 0.4) is 0 Å². The summed E-state index contributed by atoms with van der Waals surface area (Å²) in [4.78, 5) is 17.1. The molecule has 1 aliphatic heterocycles. The molecule has 1 fully saturated rings. The molecule has 6 heteroatoms. The van der Waals surface area contributed by atoms with Crippen molar-refractivity contribution in [2.45, 2.75) is 0 Å². The van der Waals surface area contributed by atoms with Crippen LogP contribution in [0.2, 0.25) is 5.02 Å². The molecule has 0 unspecified atom stereocenters. The monoisotopic (exact) mass is 372 g/mol. The summed E-state index contributed by atoms with van der Waals surface area (Å²) < 4.78 is 0.950. The fourth-order valence-corrected chi connectivity index (χ4v) is 4.32. The number of fused-ring (bicyclic) bond motifs is 1. The van der Waals surface area contributed by atoms with Crippen LogP contribution in [0.1, 0.15) is 0 Å². The minimum atomic E-state index is 0.0345. The van der Waals surface area contributed by atoms with Gasteiger partial charge in [-0.1, -0.05) is 23.7 Å². The number of phenolic OH excluding ortho intramolecular Hbond substituents is 1. The highest BCUT2D eigenvalue weighted by atomic mass is 35.5. The number of hydrogen-bond acceptors (Lipinski definition) is 5. The molecule has 128 valence electrons. The van der Waals surface area contributed by atoms with Crippen LogP contribution in [0.25, 0.3) is 10.1 Å². The molecule has 1 aromatic heterocycles. The largest absolute Gasteiger partial charge is 0.506 e. The Morgan fingerprint density at radius 2 is 1.64 bits per heavy atom. The number of aromatic hydroxyl groups is 1. The topological polar surface area (TPSA) is 43.8 Å². The van der Waals surface area contributed by atoms with E-state index in [1.165, 1.54) is 0 Å². The molecule has 1 N–H and O–H groups in total. The minimum absolute atomic E-state index is 0.0345. The van der Waals surface area contributed by atoms with E-state index in [4.69, 9.17) is 11.6 Å². The van der Waals surface area contributed by atoms with Crippen LogP contribution >= 0.6 is 22.9 Å². The molecule has 1 saturated heterocycles. The Morgan fingerprint density at radius 1 is 0.960 bits per heavy atom. The van der Waals surface area contributed by atoms with E-state index in [9.17, 15) is 9.90 Å². The second-order valence-corrected chi connectivity index (χ2v) is 7.40. The fourth-order valence-electron chi connectivity index (χ4n) is 3.23. The first-order valence-electron chi connectivity index (χ1n) is 8.12. The Kier molecular flexibility index (Phi) is 4.27. The summed E-state index contributed by atoms with van der Waals surface area (Å²) in [5.41, 5.74) is 1.61. The van der Waals surface area contributed by atoms with Gasteiger partial charge in [-0.15, -0.1) is 11.3 Å². The lowest BCUT2D eigenvalue weighted by atomic mass is 10.2. The van der Waals surface area contributed by atoms with Crippen molar-refractivity contribution in [2.24, 2.45) is 0 Å². The molecule has 2 heterocycles. The van der Waals surface area contributed by atoms with Crippen LogP contribution in [0.5, 0.6) is 5.75 Å². The molecule has 0 amide bonds. The van der Waals surface area contributed by atoms with Crippen molar-refractivity contribution in [3.8, 4) is 5.75 Å².